The van der Waals surface area contributed by atoms with E-state index in [1.54, 1.807) is 6.07 Å². The van der Waals surface area contributed by atoms with E-state index in [2.05, 4.69) is 30.9 Å². The molecule has 4 atom stereocenters. The summed E-state index contributed by atoms with van der Waals surface area (Å²) in [5.74, 6) is -1.55. The normalized spacial score (nSPS) is 22.7. The highest BCUT2D eigenvalue weighted by molar-refractivity contribution is 6.30. The third-order valence-corrected chi connectivity index (χ3v) is 6.83. The summed E-state index contributed by atoms with van der Waals surface area (Å²) in [6.45, 7) is 5.78. The van der Waals surface area contributed by atoms with Gasteiger partial charge in [0.2, 0.25) is 5.91 Å². The van der Waals surface area contributed by atoms with Crippen LogP contribution >= 0.6 is 11.6 Å². The van der Waals surface area contributed by atoms with Gasteiger partial charge in [-0.2, -0.15) is 0 Å². The second-order valence-electron chi connectivity index (χ2n) is 9.16. The molecule has 1 aliphatic heterocycles. The van der Waals surface area contributed by atoms with Crippen LogP contribution in [0.3, 0.4) is 0 Å². The first kappa shape index (κ1) is 26.7. The van der Waals surface area contributed by atoms with Crippen molar-refractivity contribution in [3.8, 4) is 0 Å². The van der Waals surface area contributed by atoms with E-state index >= 15 is 0 Å². The average Bonchev–Trinajstić information content (AvgIpc) is 3.28. The van der Waals surface area contributed by atoms with E-state index in [1.165, 1.54) is 19.2 Å². The number of hydrogen-bond acceptors (Lipinski definition) is 8. The zero-order chi connectivity index (χ0) is 26.7. The molecule has 12 heteroatoms. The number of amides is 1. The molecule has 0 bridgehead atoms. The fraction of sp³-hybridized carbons (Fsp3) is 0.480. The maximum atomic E-state index is 14.9. The molecule has 0 saturated carbocycles. The molecule has 2 aromatic heterocycles. The number of anilines is 2. The number of nitrogens with one attached hydrogen (secondary N) is 3. The molecule has 1 aliphatic carbocycles. The lowest BCUT2D eigenvalue weighted by Crippen LogP contribution is -2.56. The van der Waals surface area contributed by atoms with Crippen molar-refractivity contribution in [2.75, 3.05) is 17.2 Å². The zero-order valence-corrected chi connectivity index (χ0v) is 21.6. The van der Waals surface area contributed by atoms with Crippen LogP contribution in [0.5, 0.6) is 0 Å². The smallest absolute Gasteiger partial charge is 0.331 e. The minimum absolute atomic E-state index is 0.102. The van der Waals surface area contributed by atoms with Gasteiger partial charge in [0, 0.05) is 37.2 Å². The Morgan fingerprint density at radius 1 is 1.30 bits per heavy atom. The third-order valence-electron chi connectivity index (χ3n) is 6.62. The summed E-state index contributed by atoms with van der Waals surface area (Å²) in [7, 11) is 0. The first-order chi connectivity index (χ1) is 17.7. The summed E-state index contributed by atoms with van der Waals surface area (Å²) in [4.78, 5) is 36.9. The van der Waals surface area contributed by atoms with Gasteiger partial charge >= 0.3 is 5.97 Å². The van der Waals surface area contributed by atoms with Crippen molar-refractivity contribution in [2.24, 2.45) is 0 Å². The molecule has 2 aliphatic rings. The number of aromatic nitrogens is 3. The van der Waals surface area contributed by atoms with Crippen LogP contribution in [0.25, 0.3) is 0 Å². The van der Waals surface area contributed by atoms with Crippen LogP contribution in [0.2, 0.25) is 5.02 Å². The van der Waals surface area contributed by atoms with E-state index in [4.69, 9.17) is 16.3 Å². The minimum Gasteiger partial charge on any atom is -0.478 e. The number of carbonyl (C=O) groups is 2. The molecule has 0 saturated heterocycles. The average molecular weight is 533 g/mol. The molecule has 2 aromatic rings. The number of aliphatic carboxylic acids is 1. The molecule has 0 aromatic carbocycles. The molecule has 0 radical (unpaired) electrons. The maximum absolute atomic E-state index is 14.9. The predicted octanol–water partition coefficient (Wildman–Crippen LogP) is 3.50. The molecule has 37 heavy (non-hydrogen) atoms. The summed E-state index contributed by atoms with van der Waals surface area (Å²) in [6.07, 6.45) is 4.88. The molecule has 4 rings (SSSR count). The first-order valence-corrected chi connectivity index (χ1v) is 12.6. The van der Waals surface area contributed by atoms with Crippen molar-refractivity contribution < 1.29 is 23.8 Å². The fourth-order valence-corrected chi connectivity index (χ4v) is 4.91. The molecule has 1 amide bonds. The summed E-state index contributed by atoms with van der Waals surface area (Å²) in [6, 6.07) is 0.311. The van der Waals surface area contributed by atoms with Gasteiger partial charge in [0.1, 0.15) is 11.6 Å². The number of carboxylic acid groups (broad SMARTS) is 1. The third kappa shape index (κ3) is 5.99. The standard InChI is InChI=1S/C25H30ClFN6O4/c1-4-15(5-2)37-20-7-13(25(35)36)6-19(21(20)31-12(3)34)32-24-18(27)11-30-23(33-24)17-10-29-22-16(17)8-14(26)9-28-22/h6,8-9,11,15,17,19-21H,4-5,7,10H2,1-3H3,(H,28,29)(H,31,34)(H,35,36)(H,30,32,33)/t17?,19-,20+,21?/m0/s1. The predicted molar refractivity (Wildman–Crippen MR) is 136 cm³/mol. The van der Waals surface area contributed by atoms with E-state index in [-0.39, 0.29) is 35.7 Å². The number of carboxylic acids is 1. The Hall–Kier alpha value is -3.31. The lowest BCUT2D eigenvalue weighted by Gasteiger charge is -2.38. The number of rotatable bonds is 9. The Bertz CT molecular complexity index is 1210. The number of fused-ring (bicyclic) bond motifs is 1. The van der Waals surface area contributed by atoms with E-state index in [0.717, 1.165) is 24.6 Å². The van der Waals surface area contributed by atoms with Crippen LogP contribution in [0.1, 0.15) is 57.3 Å². The number of ether oxygens (including phenoxy) is 1. The van der Waals surface area contributed by atoms with E-state index in [9.17, 15) is 19.1 Å². The SMILES string of the molecule is CCC(CC)O[C@@H]1CC(C(=O)O)=C[C@H](Nc2nc(C3CNc4ncc(Cl)cc43)ncc2F)C1NC(C)=O. The number of pyridine rings is 1. The number of nitrogens with zero attached hydrogens (tertiary/aromatic N) is 3. The van der Waals surface area contributed by atoms with E-state index in [1.807, 2.05) is 13.8 Å². The number of hydrogen-bond donors (Lipinski definition) is 4. The highest BCUT2D eigenvalue weighted by atomic mass is 35.5. The van der Waals surface area contributed by atoms with Gasteiger partial charge in [0.15, 0.2) is 11.6 Å². The van der Waals surface area contributed by atoms with Crippen LogP contribution in [-0.2, 0) is 14.3 Å². The van der Waals surface area contributed by atoms with Crippen LogP contribution in [0, 0.1) is 5.82 Å². The summed E-state index contributed by atoms with van der Waals surface area (Å²) in [5.41, 5.74) is 0.907. The van der Waals surface area contributed by atoms with Gasteiger partial charge in [0.05, 0.1) is 41.4 Å². The Morgan fingerprint density at radius 2 is 2.05 bits per heavy atom. The van der Waals surface area contributed by atoms with E-state index in [0.29, 0.717) is 23.2 Å². The lowest BCUT2D eigenvalue weighted by molar-refractivity contribution is -0.133. The second kappa shape index (κ2) is 11.4. The molecular weight excluding hydrogens is 503 g/mol. The van der Waals surface area contributed by atoms with Gasteiger partial charge in [0.25, 0.3) is 0 Å². The maximum Gasteiger partial charge on any atom is 0.331 e. The highest BCUT2D eigenvalue weighted by Gasteiger charge is 2.38. The molecule has 0 fully saturated rings. The summed E-state index contributed by atoms with van der Waals surface area (Å²) in [5, 5.41) is 19.2. The monoisotopic (exact) mass is 532 g/mol. The number of halogens is 2. The Kier molecular flexibility index (Phi) is 8.23. The van der Waals surface area contributed by atoms with Crippen LogP contribution in [0.4, 0.5) is 16.0 Å². The van der Waals surface area contributed by atoms with Crippen molar-refractivity contribution in [3.63, 3.8) is 0 Å². The van der Waals surface area contributed by atoms with Gasteiger partial charge < -0.3 is 25.8 Å². The van der Waals surface area contributed by atoms with Crippen LogP contribution in [-0.4, -0.2) is 62.8 Å². The Balaban J connectivity index is 1.67. The lowest BCUT2D eigenvalue weighted by atomic mass is 9.87. The molecule has 0 spiro atoms. The summed E-state index contributed by atoms with van der Waals surface area (Å²) >= 11 is 6.12. The second-order valence-corrected chi connectivity index (χ2v) is 9.60. The van der Waals surface area contributed by atoms with E-state index < -0.39 is 30.0 Å². The topological polar surface area (TPSA) is 138 Å². The van der Waals surface area contributed by atoms with Gasteiger partial charge in [-0.05, 0) is 25.0 Å². The fourth-order valence-electron chi connectivity index (χ4n) is 4.75. The number of carbonyl (C=O) groups excluding carboxylic acids is 1. The zero-order valence-electron chi connectivity index (χ0n) is 20.8. The largest absolute Gasteiger partial charge is 0.478 e. The van der Waals surface area contributed by atoms with Crippen LogP contribution in [0.15, 0.2) is 30.1 Å². The minimum atomic E-state index is -1.10. The molecule has 3 heterocycles. The molecule has 10 nitrogen and oxygen atoms in total. The highest BCUT2D eigenvalue weighted by Crippen LogP contribution is 2.35. The Labute approximate surface area is 219 Å². The molecule has 198 valence electrons. The quantitative estimate of drug-likeness (QED) is 0.382. The van der Waals surface area contributed by atoms with Crippen molar-refractivity contribution in [2.45, 2.75) is 70.2 Å². The van der Waals surface area contributed by atoms with Gasteiger partial charge in [-0.1, -0.05) is 25.4 Å². The molecular formula is C25H30ClFN6O4. The Morgan fingerprint density at radius 3 is 2.73 bits per heavy atom. The molecule has 2 unspecified atom stereocenters. The summed E-state index contributed by atoms with van der Waals surface area (Å²) < 4.78 is 21.2. The van der Waals surface area contributed by atoms with Crippen molar-refractivity contribution >= 4 is 35.1 Å². The van der Waals surface area contributed by atoms with Gasteiger partial charge in [-0.25, -0.2) is 24.1 Å². The van der Waals surface area contributed by atoms with Crippen molar-refractivity contribution in [1.82, 2.24) is 20.3 Å². The molecule has 4 N–H and O–H groups in total. The first-order valence-electron chi connectivity index (χ1n) is 12.2. The van der Waals surface area contributed by atoms with Crippen LogP contribution < -0.4 is 16.0 Å². The van der Waals surface area contributed by atoms with Crippen molar-refractivity contribution in [3.05, 3.63) is 52.3 Å². The van der Waals surface area contributed by atoms with Crippen molar-refractivity contribution in [1.29, 1.82) is 0 Å². The van der Waals surface area contributed by atoms with Gasteiger partial charge in [-0.15, -0.1) is 0 Å². The van der Waals surface area contributed by atoms with Gasteiger partial charge in [-0.3, -0.25) is 4.79 Å².